The Bertz CT molecular complexity index is 399. The van der Waals surface area contributed by atoms with Crippen molar-refractivity contribution in [3.8, 4) is 0 Å². The third-order valence-electron chi connectivity index (χ3n) is 3.59. The van der Waals surface area contributed by atoms with Gasteiger partial charge in [0.2, 0.25) is 5.91 Å². The van der Waals surface area contributed by atoms with E-state index >= 15 is 0 Å². The molecule has 2 nitrogen and oxygen atoms in total. The molecule has 1 aromatic rings. The monoisotopic (exact) mass is 201 g/mol. The molecule has 0 unspecified atom stereocenters. The lowest BCUT2D eigenvalue weighted by Crippen LogP contribution is -2.28. The van der Waals surface area contributed by atoms with Crippen molar-refractivity contribution >= 4 is 5.91 Å². The molecule has 1 heterocycles. The number of carbonyl (C=O) groups is 1. The van der Waals surface area contributed by atoms with E-state index in [4.69, 9.17) is 0 Å². The molecular weight excluding hydrogens is 186 g/mol. The molecular formula is C13H15NO. The molecule has 78 valence electrons. The number of hydrogen-bond donors (Lipinski definition) is 0. The van der Waals surface area contributed by atoms with Gasteiger partial charge < -0.3 is 4.90 Å². The standard InChI is InChI=1S/C13H15NO/c15-13-6-3-9-14(13)12-8-7-10-4-1-2-5-11(10)12/h1-2,4-5,12H,3,6-9H2/t12-/m1/s1. The van der Waals surface area contributed by atoms with Crippen LogP contribution in [0.5, 0.6) is 0 Å². The Morgan fingerprint density at radius 3 is 2.87 bits per heavy atom. The number of carbonyl (C=O) groups excluding carboxylic acids is 1. The lowest BCUT2D eigenvalue weighted by Gasteiger charge is -2.24. The number of benzene rings is 1. The number of rotatable bonds is 1. The largest absolute Gasteiger partial charge is 0.336 e. The van der Waals surface area contributed by atoms with Crippen molar-refractivity contribution in [2.24, 2.45) is 0 Å². The van der Waals surface area contributed by atoms with Gasteiger partial charge in [-0.3, -0.25) is 4.79 Å². The van der Waals surface area contributed by atoms with Crippen LogP contribution in [-0.4, -0.2) is 17.4 Å². The minimum absolute atomic E-state index is 0.344. The summed E-state index contributed by atoms with van der Waals surface area (Å²) in [7, 11) is 0. The second kappa shape index (κ2) is 3.37. The number of fused-ring (bicyclic) bond motifs is 1. The van der Waals surface area contributed by atoms with Crippen molar-refractivity contribution in [2.75, 3.05) is 6.54 Å². The summed E-state index contributed by atoms with van der Waals surface area (Å²) in [6, 6.07) is 8.91. The predicted molar refractivity (Wildman–Crippen MR) is 58.5 cm³/mol. The molecule has 1 amide bonds. The van der Waals surface area contributed by atoms with E-state index in [2.05, 4.69) is 29.2 Å². The van der Waals surface area contributed by atoms with Gasteiger partial charge in [-0.1, -0.05) is 24.3 Å². The summed E-state index contributed by atoms with van der Waals surface area (Å²) >= 11 is 0. The van der Waals surface area contributed by atoms with E-state index in [-0.39, 0.29) is 0 Å². The van der Waals surface area contributed by atoms with E-state index in [0.717, 1.165) is 32.2 Å². The number of hydrogen-bond acceptors (Lipinski definition) is 1. The Morgan fingerprint density at radius 2 is 2.07 bits per heavy atom. The topological polar surface area (TPSA) is 20.3 Å². The first-order valence-corrected chi connectivity index (χ1v) is 5.73. The molecule has 0 aromatic heterocycles. The first-order chi connectivity index (χ1) is 7.36. The summed E-state index contributed by atoms with van der Waals surface area (Å²) in [5, 5.41) is 0. The SMILES string of the molecule is O=C1CCCN1[C@@H]1CCc2ccccc21. The third-order valence-corrected chi connectivity index (χ3v) is 3.59. The van der Waals surface area contributed by atoms with Gasteiger partial charge in [0.1, 0.15) is 0 Å². The molecule has 1 aliphatic heterocycles. The number of likely N-dealkylation sites (tertiary alicyclic amines) is 1. The van der Waals surface area contributed by atoms with Gasteiger partial charge in [0.05, 0.1) is 6.04 Å². The summed E-state index contributed by atoms with van der Waals surface area (Å²) in [4.78, 5) is 13.8. The molecule has 0 radical (unpaired) electrons. The first kappa shape index (κ1) is 8.96. The minimum atomic E-state index is 0.344. The summed E-state index contributed by atoms with van der Waals surface area (Å²) in [6.45, 7) is 0.956. The lowest BCUT2D eigenvalue weighted by atomic mass is 10.1. The van der Waals surface area contributed by atoms with Crippen LogP contribution in [0.15, 0.2) is 24.3 Å². The number of aryl methyl sites for hydroxylation is 1. The van der Waals surface area contributed by atoms with Crippen LogP contribution in [0, 0.1) is 0 Å². The highest BCUT2D eigenvalue weighted by Gasteiger charge is 2.32. The molecule has 0 bridgehead atoms. The Balaban J connectivity index is 1.93. The maximum absolute atomic E-state index is 11.7. The van der Waals surface area contributed by atoms with Crippen molar-refractivity contribution in [1.29, 1.82) is 0 Å². The van der Waals surface area contributed by atoms with Crippen LogP contribution < -0.4 is 0 Å². The minimum Gasteiger partial charge on any atom is -0.336 e. The fourth-order valence-corrected chi connectivity index (χ4v) is 2.86. The zero-order chi connectivity index (χ0) is 10.3. The average molecular weight is 201 g/mol. The van der Waals surface area contributed by atoms with E-state index < -0.39 is 0 Å². The van der Waals surface area contributed by atoms with Crippen LogP contribution in [0.25, 0.3) is 0 Å². The summed E-state index contributed by atoms with van der Waals surface area (Å²) in [6.07, 6.45) is 4.03. The van der Waals surface area contributed by atoms with Crippen LogP contribution in [0.4, 0.5) is 0 Å². The zero-order valence-electron chi connectivity index (χ0n) is 8.78. The molecule has 2 heteroatoms. The van der Waals surface area contributed by atoms with Crippen molar-refractivity contribution in [1.82, 2.24) is 4.90 Å². The maximum Gasteiger partial charge on any atom is 0.223 e. The van der Waals surface area contributed by atoms with Gasteiger partial charge in [-0.15, -0.1) is 0 Å². The van der Waals surface area contributed by atoms with Crippen molar-refractivity contribution in [3.63, 3.8) is 0 Å². The van der Waals surface area contributed by atoms with Gasteiger partial charge in [0.25, 0.3) is 0 Å². The molecule has 0 N–H and O–H groups in total. The molecule has 1 fully saturated rings. The van der Waals surface area contributed by atoms with Gasteiger partial charge in [-0.2, -0.15) is 0 Å². The zero-order valence-corrected chi connectivity index (χ0v) is 8.78. The Labute approximate surface area is 89.9 Å². The van der Waals surface area contributed by atoms with Crippen LogP contribution in [0.2, 0.25) is 0 Å². The molecule has 0 saturated carbocycles. The normalized spacial score (nSPS) is 24.7. The highest BCUT2D eigenvalue weighted by atomic mass is 16.2. The van der Waals surface area contributed by atoms with Crippen molar-refractivity contribution in [2.45, 2.75) is 31.7 Å². The fraction of sp³-hybridized carbons (Fsp3) is 0.462. The third kappa shape index (κ3) is 1.36. The van der Waals surface area contributed by atoms with E-state index in [1.54, 1.807) is 0 Å². The molecule has 1 aromatic carbocycles. The van der Waals surface area contributed by atoms with Crippen LogP contribution in [-0.2, 0) is 11.2 Å². The molecule has 1 aliphatic carbocycles. The van der Waals surface area contributed by atoms with Crippen molar-refractivity contribution < 1.29 is 4.79 Å². The Morgan fingerprint density at radius 1 is 1.20 bits per heavy atom. The Kier molecular flexibility index (Phi) is 2.01. The average Bonchev–Trinajstić information content (AvgIpc) is 2.83. The van der Waals surface area contributed by atoms with Crippen LogP contribution in [0.3, 0.4) is 0 Å². The van der Waals surface area contributed by atoms with E-state index in [1.807, 2.05) is 0 Å². The van der Waals surface area contributed by atoms with E-state index in [1.165, 1.54) is 11.1 Å². The van der Waals surface area contributed by atoms with Gasteiger partial charge in [-0.05, 0) is 30.4 Å². The van der Waals surface area contributed by atoms with Crippen LogP contribution in [0.1, 0.15) is 36.4 Å². The van der Waals surface area contributed by atoms with Gasteiger partial charge in [-0.25, -0.2) is 0 Å². The number of amides is 1. The van der Waals surface area contributed by atoms with Gasteiger partial charge in [0.15, 0.2) is 0 Å². The molecule has 2 aliphatic rings. The van der Waals surface area contributed by atoms with Crippen LogP contribution >= 0.6 is 0 Å². The molecule has 1 atom stereocenters. The first-order valence-electron chi connectivity index (χ1n) is 5.73. The highest BCUT2D eigenvalue weighted by Crippen LogP contribution is 2.37. The van der Waals surface area contributed by atoms with E-state index in [9.17, 15) is 4.79 Å². The second-order valence-electron chi connectivity index (χ2n) is 4.44. The fourth-order valence-electron chi connectivity index (χ4n) is 2.86. The van der Waals surface area contributed by atoms with Gasteiger partial charge >= 0.3 is 0 Å². The predicted octanol–water partition coefficient (Wildman–Crippen LogP) is 2.30. The lowest BCUT2D eigenvalue weighted by molar-refractivity contribution is -0.129. The maximum atomic E-state index is 11.7. The molecule has 1 saturated heterocycles. The summed E-state index contributed by atoms with van der Waals surface area (Å²) in [5.41, 5.74) is 2.81. The van der Waals surface area contributed by atoms with Crippen molar-refractivity contribution in [3.05, 3.63) is 35.4 Å². The number of nitrogens with zero attached hydrogens (tertiary/aromatic N) is 1. The quantitative estimate of drug-likeness (QED) is 0.682. The summed E-state index contributed by atoms with van der Waals surface area (Å²) < 4.78 is 0. The van der Waals surface area contributed by atoms with Gasteiger partial charge in [0, 0.05) is 13.0 Å². The smallest absolute Gasteiger partial charge is 0.223 e. The van der Waals surface area contributed by atoms with E-state index in [0.29, 0.717) is 11.9 Å². The Hall–Kier alpha value is -1.31. The molecule has 15 heavy (non-hydrogen) atoms. The highest BCUT2D eigenvalue weighted by molar-refractivity contribution is 5.78. The summed E-state index contributed by atoms with van der Waals surface area (Å²) in [5.74, 6) is 0.344. The molecule has 0 spiro atoms. The molecule has 3 rings (SSSR count). The second-order valence-corrected chi connectivity index (χ2v) is 4.44.